The fraction of sp³-hybridized carbons (Fsp3) is 1.00. The zero-order valence-electron chi connectivity index (χ0n) is 9.20. The third kappa shape index (κ3) is 2.16. The lowest BCUT2D eigenvalue weighted by Crippen LogP contribution is -2.63. The van der Waals surface area contributed by atoms with Crippen LogP contribution in [0.3, 0.4) is 0 Å². The Labute approximate surface area is 89.0 Å². The van der Waals surface area contributed by atoms with Gasteiger partial charge < -0.3 is 25.5 Å². The standard InChI is InChI=1S/C10H20O5/c1-10(2,3)4-5(11)7(13)9(15)8(14)6(4)12/h4-9,11-15H,1-3H3. The Morgan fingerprint density at radius 1 is 0.600 bits per heavy atom. The van der Waals surface area contributed by atoms with Crippen LogP contribution >= 0.6 is 0 Å². The van der Waals surface area contributed by atoms with Gasteiger partial charge in [-0.05, 0) is 5.41 Å². The molecule has 5 N–H and O–H groups in total. The highest BCUT2D eigenvalue weighted by Gasteiger charge is 2.51. The maximum atomic E-state index is 9.75. The van der Waals surface area contributed by atoms with E-state index in [4.69, 9.17) is 0 Å². The van der Waals surface area contributed by atoms with Crippen molar-refractivity contribution in [3.8, 4) is 0 Å². The second-order valence-electron chi connectivity index (χ2n) is 5.34. The lowest BCUT2D eigenvalue weighted by atomic mass is 9.66. The van der Waals surface area contributed by atoms with Crippen LogP contribution in [0.1, 0.15) is 20.8 Å². The Balaban J connectivity index is 2.97. The van der Waals surface area contributed by atoms with E-state index in [1.807, 2.05) is 0 Å². The van der Waals surface area contributed by atoms with Gasteiger partial charge in [0.1, 0.15) is 18.3 Å². The van der Waals surface area contributed by atoms with Crippen molar-refractivity contribution < 1.29 is 25.5 Å². The summed E-state index contributed by atoms with van der Waals surface area (Å²) in [7, 11) is 0. The van der Waals surface area contributed by atoms with Crippen LogP contribution in [0.2, 0.25) is 0 Å². The summed E-state index contributed by atoms with van der Waals surface area (Å²) >= 11 is 0. The van der Waals surface area contributed by atoms with Gasteiger partial charge in [-0.2, -0.15) is 0 Å². The van der Waals surface area contributed by atoms with Gasteiger partial charge in [-0.25, -0.2) is 0 Å². The molecule has 0 amide bonds. The minimum Gasteiger partial charge on any atom is -0.390 e. The first-order valence-corrected chi connectivity index (χ1v) is 5.08. The summed E-state index contributed by atoms with van der Waals surface area (Å²) in [6, 6.07) is 0. The lowest BCUT2D eigenvalue weighted by molar-refractivity contribution is -0.221. The smallest absolute Gasteiger partial charge is 0.111 e. The zero-order chi connectivity index (χ0) is 12.0. The summed E-state index contributed by atoms with van der Waals surface area (Å²) < 4.78 is 0. The maximum Gasteiger partial charge on any atom is 0.111 e. The molecule has 1 rings (SSSR count). The summed E-state index contributed by atoms with van der Waals surface area (Å²) in [6.07, 6.45) is -6.83. The van der Waals surface area contributed by atoms with Gasteiger partial charge in [0.2, 0.25) is 0 Å². The quantitative estimate of drug-likeness (QED) is 0.341. The van der Waals surface area contributed by atoms with Crippen molar-refractivity contribution in [1.29, 1.82) is 0 Å². The minimum atomic E-state index is -1.51. The van der Waals surface area contributed by atoms with Crippen LogP contribution in [0.25, 0.3) is 0 Å². The van der Waals surface area contributed by atoms with E-state index >= 15 is 0 Å². The molecule has 1 saturated carbocycles. The van der Waals surface area contributed by atoms with Crippen LogP contribution in [0.15, 0.2) is 0 Å². The second-order valence-corrected chi connectivity index (χ2v) is 5.34. The molecule has 0 bridgehead atoms. The van der Waals surface area contributed by atoms with Crippen molar-refractivity contribution >= 4 is 0 Å². The minimum absolute atomic E-state index is 0.471. The first-order valence-electron chi connectivity index (χ1n) is 5.08. The predicted octanol–water partition coefficient (Wildman–Crippen LogP) is -1.53. The molecule has 0 spiro atoms. The SMILES string of the molecule is CC(C)(C)C1C(O)C(O)C(O)C(O)C1O. The summed E-state index contributed by atoms with van der Waals surface area (Å²) in [5, 5.41) is 47.8. The highest BCUT2D eigenvalue weighted by atomic mass is 16.4. The van der Waals surface area contributed by atoms with Crippen molar-refractivity contribution in [3.63, 3.8) is 0 Å². The Morgan fingerprint density at radius 2 is 0.867 bits per heavy atom. The van der Waals surface area contributed by atoms with E-state index in [-0.39, 0.29) is 0 Å². The first kappa shape index (κ1) is 12.9. The van der Waals surface area contributed by atoms with Crippen LogP contribution in [0.4, 0.5) is 0 Å². The number of hydrogen-bond donors (Lipinski definition) is 5. The topological polar surface area (TPSA) is 101 Å². The van der Waals surface area contributed by atoms with Gasteiger partial charge in [0, 0.05) is 5.92 Å². The average molecular weight is 220 g/mol. The van der Waals surface area contributed by atoms with Gasteiger partial charge in [-0.3, -0.25) is 0 Å². The van der Waals surface area contributed by atoms with E-state index in [1.54, 1.807) is 20.8 Å². The third-order valence-electron chi connectivity index (χ3n) is 3.14. The molecule has 0 aliphatic heterocycles. The Bertz CT molecular complexity index is 208. The molecule has 0 radical (unpaired) electrons. The van der Waals surface area contributed by atoms with E-state index in [0.717, 1.165) is 0 Å². The summed E-state index contributed by atoms with van der Waals surface area (Å²) in [5.41, 5.74) is -0.471. The van der Waals surface area contributed by atoms with Crippen molar-refractivity contribution in [1.82, 2.24) is 0 Å². The van der Waals surface area contributed by atoms with Gasteiger partial charge in [0.05, 0.1) is 12.2 Å². The Morgan fingerprint density at radius 3 is 1.13 bits per heavy atom. The molecule has 1 aliphatic rings. The molecular formula is C10H20O5. The van der Waals surface area contributed by atoms with Crippen molar-refractivity contribution in [2.75, 3.05) is 0 Å². The molecule has 5 heteroatoms. The molecule has 15 heavy (non-hydrogen) atoms. The number of aliphatic hydroxyl groups excluding tert-OH is 5. The van der Waals surface area contributed by atoms with E-state index < -0.39 is 41.9 Å². The van der Waals surface area contributed by atoms with Crippen LogP contribution < -0.4 is 0 Å². The van der Waals surface area contributed by atoms with E-state index in [9.17, 15) is 25.5 Å². The van der Waals surface area contributed by atoms with Crippen LogP contribution in [-0.2, 0) is 0 Å². The van der Waals surface area contributed by atoms with Gasteiger partial charge in [-0.1, -0.05) is 20.8 Å². The highest BCUT2D eigenvalue weighted by Crippen LogP contribution is 2.38. The molecule has 0 saturated heterocycles. The fourth-order valence-electron chi connectivity index (χ4n) is 2.26. The maximum absolute atomic E-state index is 9.75. The van der Waals surface area contributed by atoms with Crippen molar-refractivity contribution in [2.24, 2.45) is 11.3 Å². The Kier molecular flexibility index (Phi) is 3.42. The normalized spacial score (nSPS) is 48.0. The monoisotopic (exact) mass is 220 g/mol. The van der Waals surface area contributed by atoms with Gasteiger partial charge in [0.15, 0.2) is 0 Å². The molecule has 0 aromatic heterocycles. The second kappa shape index (κ2) is 3.99. The summed E-state index contributed by atoms with van der Waals surface area (Å²) in [6.45, 7) is 5.38. The highest BCUT2D eigenvalue weighted by molar-refractivity contribution is 5.01. The van der Waals surface area contributed by atoms with Crippen LogP contribution in [0.5, 0.6) is 0 Å². The Hall–Kier alpha value is -0.200. The molecule has 4 unspecified atom stereocenters. The molecule has 0 aromatic rings. The van der Waals surface area contributed by atoms with E-state index in [2.05, 4.69) is 0 Å². The molecule has 5 nitrogen and oxygen atoms in total. The third-order valence-corrected chi connectivity index (χ3v) is 3.14. The molecular weight excluding hydrogens is 200 g/mol. The molecule has 0 heterocycles. The summed E-state index contributed by atoms with van der Waals surface area (Å²) in [4.78, 5) is 0. The van der Waals surface area contributed by atoms with Crippen molar-refractivity contribution in [2.45, 2.75) is 51.3 Å². The van der Waals surface area contributed by atoms with E-state index in [0.29, 0.717) is 0 Å². The van der Waals surface area contributed by atoms with Gasteiger partial charge >= 0.3 is 0 Å². The predicted molar refractivity (Wildman–Crippen MR) is 53.0 cm³/mol. The average Bonchev–Trinajstić information content (AvgIpc) is 2.09. The molecule has 0 aromatic carbocycles. The molecule has 90 valence electrons. The number of hydrogen-bond acceptors (Lipinski definition) is 5. The molecule has 1 fully saturated rings. The first-order chi connectivity index (χ1) is 6.68. The number of rotatable bonds is 0. The molecule has 1 aliphatic carbocycles. The number of aliphatic hydroxyl groups is 5. The summed E-state index contributed by atoms with van der Waals surface area (Å²) in [5.74, 6) is -0.675. The van der Waals surface area contributed by atoms with Gasteiger partial charge in [-0.15, -0.1) is 0 Å². The van der Waals surface area contributed by atoms with Crippen LogP contribution in [-0.4, -0.2) is 56.1 Å². The molecule has 4 atom stereocenters. The van der Waals surface area contributed by atoms with Gasteiger partial charge in [0.25, 0.3) is 0 Å². The van der Waals surface area contributed by atoms with E-state index in [1.165, 1.54) is 0 Å². The lowest BCUT2D eigenvalue weighted by Gasteiger charge is -2.47. The fourth-order valence-corrected chi connectivity index (χ4v) is 2.26. The van der Waals surface area contributed by atoms with Crippen molar-refractivity contribution in [3.05, 3.63) is 0 Å². The zero-order valence-corrected chi connectivity index (χ0v) is 9.20. The largest absolute Gasteiger partial charge is 0.390 e. The van der Waals surface area contributed by atoms with Crippen LogP contribution in [0, 0.1) is 11.3 Å².